The van der Waals surface area contributed by atoms with Crippen LogP contribution in [0.1, 0.15) is 42.7 Å². The van der Waals surface area contributed by atoms with Gasteiger partial charge in [0.25, 0.3) is 0 Å². The van der Waals surface area contributed by atoms with Crippen molar-refractivity contribution < 1.29 is 9.59 Å². The molecule has 0 N–H and O–H groups in total. The zero-order valence-corrected chi connectivity index (χ0v) is 10.8. The van der Waals surface area contributed by atoms with Crippen LogP contribution in [0.3, 0.4) is 0 Å². The molecule has 0 aliphatic heterocycles. The van der Waals surface area contributed by atoms with Gasteiger partial charge in [0, 0.05) is 18.7 Å². The third kappa shape index (κ3) is 1.92. The SMILES string of the molecule is Cc1nn(C)cc1C(=O)C1CCC(C)(C)C1=O. The van der Waals surface area contributed by atoms with E-state index in [1.54, 1.807) is 24.9 Å². The second-order valence-corrected chi connectivity index (χ2v) is 5.51. The third-order valence-electron chi connectivity index (χ3n) is 3.64. The number of Topliss-reactive ketones (excluding diaryl/α,β-unsaturated/α-hetero) is 2. The van der Waals surface area contributed by atoms with Crippen LogP contribution in [-0.4, -0.2) is 21.3 Å². The first kappa shape index (κ1) is 12.0. The maximum Gasteiger partial charge on any atom is 0.176 e. The number of hydrogen-bond acceptors (Lipinski definition) is 3. The number of aromatic nitrogens is 2. The molecule has 4 heteroatoms. The first-order valence-corrected chi connectivity index (χ1v) is 5.92. The number of hydrogen-bond donors (Lipinski definition) is 0. The smallest absolute Gasteiger partial charge is 0.176 e. The molecule has 1 heterocycles. The molecule has 92 valence electrons. The van der Waals surface area contributed by atoms with Crippen LogP contribution in [0.5, 0.6) is 0 Å². The van der Waals surface area contributed by atoms with Crippen LogP contribution in [0.4, 0.5) is 0 Å². The van der Waals surface area contributed by atoms with Gasteiger partial charge in [-0.2, -0.15) is 5.10 Å². The molecule has 4 nitrogen and oxygen atoms in total. The van der Waals surface area contributed by atoms with E-state index in [0.29, 0.717) is 17.7 Å². The summed E-state index contributed by atoms with van der Waals surface area (Å²) in [5.74, 6) is -0.454. The molecule has 1 atom stereocenters. The van der Waals surface area contributed by atoms with Gasteiger partial charge in [-0.15, -0.1) is 0 Å². The Labute approximate surface area is 101 Å². The van der Waals surface area contributed by atoms with Gasteiger partial charge in [0.05, 0.1) is 17.2 Å². The normalized spacial score (nSPS) is 23.1. The summed E-state index contributed by atoms with van der Waals surface area (Å²) in [6.45, 7) is 5.63. The molecule has 0 aromatic carbocycles. The van der Waals surface area contributed by atoms with Gasteiger partial charge in [-0.3, -0.25) is 14.3 Å². The zero-order valence-electron chi connectivity index (χ0n) is 10.8. The lowest BCUT2D eigenvalue weighted by atomic mass is 9.87. The van der Waals surface area contributed by atoms with Gasteiger partial charge in [0.15, 0.2) is 5.78 Å². The van der Waals surface area contributed by atoms with Crippen LogP contribution >= 0.6 is 0 Å². The standard InChI is InChI=1S/C13H18N2O2/c1-8-10(7-15(4)14-8)11(16)9-5-6-13(2,3)12(9)17/h7,9H,5-6H2,1-4H3. The van der Waals surface area contributed by atoms with Crippen molar-refractivity contribution in [2.45, 2.75) is 33.6 Å². The summed E-state index contributed by atoms with van der Waals surface area (Å²) >= 11 is 0. The second kappa shape index (κ2) is 3.79. The number of nitrogens with zero attached hydrogens (tertiary/aromatic N) is 2. The minimum absolute atomic E-state index is 0.0637. The number of ketones is 2. The van der Waals surface area contributed by atoms with E-state index >= 15 is 0 Å². The second-order valence-electron chi connectivity index (χ2n) is 5.51. The van der Waals surface area contributed by atoms with Gasteiger partial charge in [-0.25, -0.2) is 0 Å². The Hall–Kier alpha value is -1.45. The summed E-state index contributed by atoms with van der Waals surface area (Å²) in [4.78, 5) is 24.4. The van der Waals surface area contributed by atoms with Crippen LogP contribution in [-0.2, 0) is 11.8 Å². The van der Waals surface area contributed by atoms with Crippen molar-refractivity contribution in [2.24, 2.45) is 18.4 Å². The van der Waals surface area contributed by atoms with Crippen molar-refractivity contribution in [1.29, 1.82) is 0 Å². The lowest BCUT2D eigenvalue weighted by molar-refractivity contribution is -0.126. The molecule has 1 aromatic rings. The quantitative estimate of drug-likeness (QED) is 0.580. The Balaban J connectivity index is 2.28. The van der Waals surface area contributed by atoms with Gasteiger partial charge >= 0.3 is 0 Å². The lowest BCUT2D eigenvalue weighted by Gasteiger charge is -2.15. The molecule has 17 heavy (non-hydrogen) atoms. The largest absolute Gasteiger partial charge is 0.298 e. The minimum Gasteiger partial charge on any atom is -0.298 e. The van der Waals surface area contributed by atoms with E-state index in [-0.39, 0.29) is 17.0 Å². The van der Waals surface area contributed by atoms with Crippen molar-refractivity contribution in [1.82, 2.24) is 9.78 Å². The Morgan fingerprint density at radius 3 is 2.59 bits per heavy atom. The molecule has 1 unspecified atom stereocenters. The molecule has 0 bridgehead atoms. The molecule has 1 aliphatic carbocycles. The number of carbonyl (C=O) groups excluding carboxylic acids is 2. The van der Waals surface area contributed by atoms with E-state index in [1.165, 1.54) is 0 Å². The molecule has 1 aromatic heterocycles. The van der Waals surface area contributed by atoms with Gasteiger partial charge in [0.2, 0.25) is 0 Å². The summed E-state index contributed by atoms with van der Waals surface area (Å²) in [6.07, 6.45) is 3.16. The molecule has 0 radical (unpaired) electrons. The summed E-state index contributed by atoms with van der Waals surface area (Å²) in [7, 11) is 1.78. The highest BCUT2D eigenvalue weighted by atomic mass is 16.2. The van der Waals surface area contributed by atoms with Crippen molar-refractivity contribution in [3.8, 4) is 0 Å². The van der Waals surface area contributed by atoms with Crippen molar-refractivity contribution in [3.05, 3.63) is 17.5 Å². The minimum atomic E-state index is -0.465. The molecule has 1 aliphatic rings. The highest BCUT2D eigenvalue weighted by molar-refractivity contribution is 6.13. The number of carbonyl (C=O) groups is 2. The van der Waals surface area contributed by atoms with E-state index in [0.717, 1.165) is 6.42 Å². The van der Waals surface area contributed by atoms with Crippen LogP contribution in [0.2, 0.25) is 0 Å². The first-order valence-electron chi connectivity index (χ1n) is 5.92. The highest BCUT2D eigenvalue weighted by Crippen LogP contribution is 2.39. The Morgan fingerprint density at radius 1 is 1.53 bits per heavy atom. The highest BCUT2D eigenvalue weighted by Gasteiger charge is 2.44. The molecular weight excluding hydrogens is 216 g/mol. The van der Waals surface area contributed by atoms with Crippen LogP contribution in [0.25, 0.3) is 0 Å². The van der Waals surface area contributed by atoms with E-state index in [1.807, 2.05) is 13.8 Å². The fourth-order valence-electron chi connectivity index (χ4n) is 2.51. The molecule has 2 rings (SSSR count). The molecule has 0 saturated heterocycles. The van der Waals surface area contributed by atoms with E-state index < -0.39 is 5.92 Å². The maximum atomic E-state index is 12.3. The van der Waals surface area contributed by atoms with Crippen LogP contribution in [0, 0.1) is 18.3 Å². The Kier molecular flexibility index (Phi) is 2.68. The molecule has 0 spiro atoms. The Morgan fingerprint density at radius 2 is 2.18 bits per heavy atom. The van der Waals surface area contributed by atoms with E-state index in [4.69, 9.17) is 0 Å². The fourth-order valence-corrected chi connectivity index (χ4v) is 2.51. The molecule has 0 amide bonds. The van der Waals surface area contributed by atoms with Crippen molar-refractivity contribution in [3.63, 3.8) is 0 Å². The van der Waals surface area contributed by atoms with Gasteiger partial charge < -0.3 is 0 Å². The average molecular weight is 234 g/mol. The van der Waals surface area contributed by atoms with Gasteiger partial charge in [-0.05, 0) is 19.8 Å². The number of aryl methyl sites for hydroxylation is 2. The fraction of sp³-hybridized carbons (Fsp3) is 0.615. The molecule has 1 saturated carbocycles. The first-order chi connectivity index (χ1) is 7.83. The van der Waals surface area contributed by atoms with Crippen molar-refractivity contribution in [2.75, 3.05) is 0 Å². The van der Waals surface area contributed by atoms with Crippen molar-refractivity contribution >= 4 is 11.6 Å². The molecular formula is C13H18N2O2. The maximum absolute atomic E-state index is 12.3. The monoisotopic (exact) mass is 234 g/mol. The molecule has 1 fully saturated rings. The summed E-state index contributed by atoms with van der Waals surface area (Å²) in [5.41, 5.74) is 0.940. The zero-order chi connectivity index (χ0) is 12.8. The Bertz CT molecular complexity index is 486. The van der Waals surface area contributed by atoms with Crippen LogP contribution in [0.15, 0.2) is 6.20 Å². The lowest BCUT2D eigenvalue weighted by Crippen LogP contribution is -2.27. The van der Waals surface area contributed by atoms with E-state index in [9.17, 15) is 9.59 Å². The predicted octanol–water partition coefficient (Wildman–Crippen LogP) is 1.92. The summed E-state index contributed by atoms with van der Waals surface area (Å²) in [5, 5.41) is 4.15. The van der Waals surface area contributed by atoms with Crippen LogP contribution < -0.4 is 0 Å². The average Bonchev–Trinajstić information content (AvgIpc) is 2.69. The number of rotatable bonds is 2. The summed E-state index contributed by atoms with van der Waals surface area (Å²) in [6, 6.07) is 0. The third-order valence-corrected chi connectivity index (χ3v) is 3.64. The van der Waals surface area contributed by atoms with E-state index in [2.05, 4.69) is 5.10 Å². The van der Waals surface area contributed by atoms with Gasteiger partial charge in [0.1, 0.15) is 5.78 Å². The van der Waals surface area contributed by atoms with Gasteiger partial charge in [-0.1, -0.05) is 13.8 Å². The predicted molar refractivity (Wildman–Crippen MR) is 63.8 cm³/mol. The summed E-state index contributed by atoms with van der Waals surface area (Å²) < 4.78 is 1.62. The topological polar surface area (TPSA) is 52.0 Å².